The molecular weight excluding hydrogens is 1270 g/mol. The quantitative estimate of drug-likeness (QED) is 0.0125. The molecule has 0 unspecified atom stereocenters. The number of aliphatic hydroxyl groups excluding tert-OH is 2. The van der Waals surface area contributed by atoms with Crippen molar-refractivity contribution < 1.29 is 77.6 Å². The smallest absolute Gasteiger partial charge is 0.326 e. The molecule has 35 heteroatoms. The molecule has 1 heterocycles. The van der Waals surface area contributed by atoms with Crippen LogP contribution < -0.4 is 81.4 Å². The molecule has 0 radical (unpaired) electrons. The molecule has 1 aliphatic rings. The molecule has 528 valence electrons. The van der Waals surface area contributed by atoms with E-state index in [4.69, 9.17) is 22.9 Å². The van der Waals surface area contributed by atoms with Gasteiger partial charge in [-0.3, -0.25) is 62.5 Å². The van der Waals surface area contributed by atoms with Crippen LogP contribution in [0.2, 0.25) is 0 Å². The molecule has 1 saturated heterocycles. The predicted octanol–water partition coefficient (Wildman–Crippen LogP) is -5.86. The van der Waals surface area contributed by atoms with Gasteiger partial charge < -0.3 is 102 Å². The third kappa shape index (κ3) is 27.6. The summed E-state index contributed by atoms with van der Waals surface area (Å²) in [5, 5.41) is 58.4. The van der Waals surface area contributed by atoms with E-state index in [-0.39, 0.29) is 75.6 Å². The predicted molar refractivity (Wildman–Crippen MR) is 352 cm³/mol. The van der Waals surface area contributed by atoms with Crippen molar-refractivity contribution in [3.63, 3.8) is 0 Å². The highest BCUT2D eigenvalue weighted by atomic mass is 32.1. The number of hydrogen-bond acceptors (Lipinski definition) is 20. The van der Waals surface area contributed by atoms with Crippen molar-refractivity contribution in [2.24, 2.45) is 39.8 Å². The van der Waals surface area contributed by atoms with E-state index in [9.17, 15) is 77.6 Å². The number of rotatable bonds is 42. The average Bonchev–Trinajstić information content (AvgIpc) is 1.59. The second-order valence-electron chi connectivity index (χ2n) is 23.1. The average molecular weight is 1370 g/mol. The zero-order chi connectivity index (χ0) is 70.9. The number of aliphatic imine (C=N–C) groups is 1. The van der Waals surface area contributed by atoms with Crippen LogP contribution >= 0.6 is 25.3 Å². The van der Waals surface area contributed by atoms with Crippen molar-refractivity contribution in [2.75, 3.05) is 44.3 Å². The standard InChI is InChI=1S/C59H99N17O16S2/c1-8-30(3)44(55(88)72-41(29-94)53(86)70-39(58(91)92)25-35-17-11-10-12-18-35)73-47(80)33(6)67-54(87)42-21-16-24-76(42)57(90)45(31(4)9-2)74-52(85)40(27-77)71-51(84)38(19-13-14-22-60)69-56(89)46(34(7)78)75-48(81)32(5)66-50(83)37(20-15-23-64-59(62)63)68-43(79)26-65-49(82)36(61)28-93/h10-12,17-18,30-34,36-42,44-46,77-78,93-94H,8-9,13-16,19-29,60-61H2,1-7H3,(H,65,82)(H,66,83)(H,67,87)(H,68,79)(H,69,89)(H,70,86)(H,71,84)(H,72,88)(H,73,80)(H,74,85)(H,75,81)(H,91,92)(H4,62,63,64)/t30-,31-,32-,33-,34+,36-,37-,38-,39-,40-,41-,42-,44-,45-,46-/m0/s1. The Labute approximate surface area is 558 Å². The van der Waals surface area contributed by atoms with Gasteiger partial charge in [0.1, 0.15) is 66.5 Å². The summed E-state index contributed by atoms with van der Waals surface area (Å²) in [6.07, 6.45) is 0.144. The van der Waals surface area contributed by atoms with Gasteiger partial charge in [0.05, 0.1) is 25.3 Å². The molecule has 0 aliphatic carbocycles. The number of aliphatic hydroxyl groups is 2. The van der Waals surface area contributed by atoms with Crippen LogP contribution in [-0.2, 0) is 68.7 Å². The zero-order valence-electron chi connectivity index (χ0n) is 54.3. The summed E-state index contributed by atoms with van der Waals surface area (Å²) in [5.74, 6) is -13.1. The number of aliphatic carboxylic acids is 1. The van der Waals surface area contributed by atoms with Gasteiger partial charge in [-0.2, -0.15) is 25.3 Å². The van der Waals surface area contributed by atoms with Gasteiger partial charge in [-0.05, 0) is 89.7 Å². The monoisotopic (exact) mass is 1370 g/mol. The van der Waals surface area contributed by atoms with Gasteiger partial charge in [0.15, 0.2) is 5.96 Å². The Morgan fingerprint density at radius 3 is 1.68 bits per heavy atom. The number of nitrogens with one attached hydrogen (secondary N) is 11. The number of guanidine groups is 1. The van der Waals surface area contributed by atoms with E-state index in [1.807, 2.05) is 0 Å². The van der Waals surface area contributed by atoms with Crippen molar-refractivity contribution in [3.05, 3.63) is 35.9 Å². The third-order valence-corrected chi connectivity index (χ3v) is 16.4. The van der Waals surface area contributed by atoms with Crippen LogP contribution in [0.3, 0.4) is 0 Å². The molecule has 22 N–H and O–H groups in total. The lowest BCUT2D eigenvalue weighted by Gasteiger charge is -2.33. The van der Waals surface area contributed by atoms with Crippen molar-refractivity contribution in [3.8, 4) is 0 Å². The van der Waals surface area contributed by atoms with E-state index < -0.39 is 180 Å². The molecule has 94 heavy (non-hydrogen) atoms. The number of thiol groups is 2. The topological polar surface area (TPSA) is 535 Å². The van der Waals surface area contributed by atoms with Crippen molar-refractivity contribution in [1.29, 1.82) is 0 Å². The summed E-state index contributed by atoms with van der Waals surface area (Å²) in [6.45, 7) is 9.32. The van der Waals surface area contributed by atoms with Crippen LogP contribution in [0.5, 0.6) is 0 Å². The molecule has 15 atom stereocenters. The SMILES string of the molecule is CC[C@H](C)[C@H](NC(=O)[C@H](C)NC(=O)[C@@H]1CCCN1C(=O)[C@@H](NC(=O)[C@H](CO)NC(=O)[C@H](CCCCN)NC(=O)[C@@H](NC(=O)[C@H](C)NC(=O)[C@H](CCCN=C(N)N)NC(=O)CNC(=O)[C@@H](N)CS)[C@@H](C)O)[C@@H](C)CC)C(=O)N[C@@H](CS)C(=O)N[C@@H](Cc1ccccc1)C(=O)O. The normalized spacial score (nSPS) is 17.2. The highest BCUT2D eigenvalue weighted by Crippen LogP contribution is 2.22. The van der Waals surface area contributed by atoms with Gasteiger partial charge in [-0.15, -0.1) is 0 Å². The maximum Gasteiger partial charge on any atom is 0.326 e. The van der Waals surface area contributed by atoms with Gasteiger partial charge in [0.2, 0.25) is 70.9 Å². The second-order valence-corrected chi connectivity index (χ2v) is 23.8. The number of carboxylic acid groups (broad SMARTS) is 1. The molecule has 0 spiro atoms. The number of carbonyl (C=O) groups excluding carboxylic acids is 12. The fourth-order valence-electron chi connectivity index (χ4n) is 9.50. The van der Waals surface area contributed by atoms with E-state index in [1.165, 1.54) is 18.7 Å². The molecule has 1 aromatic rings. The van der Waals surface area contributed by atoms with Crippen LogP contribution in [0.15, 0.2) is 35.3 Å². The molecule has 1 aliphatic heterocycles. The molecule has 0 aromatic heterocycles. The molecule has 0 saturated carbocycles. The molecule has 12 amide bonds. The zero-order valence-corrected chi connectivity index (χ0v) is 56.1. The largest absolute Gasteiger partial charge is 0.480 e. The Bertz CT molecular complexity index is 2750. The number of benzene rings is 1. The minimum Gasteiger partial charge on any atom is -0.480 e. The fourth-order valence-corrected chi connectivity index (χ4v) is 9.93. The van der Waals surface area contributed by atoms with Gasteiger partial charge in [0, 0.05) is 31.0 Å². The summed E-state index contributed by atoms with van der Waals surface area (Å²) < 4.78 is 0. The summed E-state index contributed by atoms with van der Waals surface area (Å²) >= 11 is 8.16. The Hall–Kier alpha value is -7.86. The first-order valence-corrected chi connectivity index (χ1v) is 32.6. The van der Waals surface area contributed by atoms with Gasteiger partial charge in [-0.1, -0.05) is 70.9 Å². The van der Waals surface area contributed by atoms with E-state index in [1.54, 1.807) is 58.0 Å². The van der Waals surface area contributed by atoms with E-state index in [0.29, 0.717) is 31.2 Å². The molecule has 2 rings (SSSR count). The molecule has 0 bridgehead atoms. The number of carboxylic acids is 1. The van der Waals surface area contributed by atoms with Gasteiger partial charge in [0.25, 0.3) is 0 Å². The number of nitrogens with zero attached hydrogens (tertiary/aromatic N) is 2. The first-order chi connectivity index (χ1) is 44.4. The number of unbranched alkanes of at least 4 members (excludes halogenated alkanes) is 1. The number of likely N-dealkylation sites (tertiary alicyclic amines) is 1. The maximum absolute atomic E-state index is 14.5. The van der Waals surface area contributed by atoms with E-state index >= 15 is 0 Å². The number of hydrogen-bond donors (Lipinski definition) is 20. The Morgan fingerprint density at radius 2 is 1.12 bits per heavy atom. The Balaban J connectivity index is 2.23. The fraction of sp³-hybridized carbons (Fsp3) is 0.661. The van der Waals surface area contributed by atoms with Crippen LogP contribution in [0, 0.1) is 11.8 Å². The van der Waals surface area contributed by atoms with Gasteiger partial charge >= 0.3 is 5.97 Å². The van der Waals surface area contributed by atoms with Crippen LogP contribution in [0.1, 0.15) is 112 Å². The van der Waals surface area contributed by atoms with E-state index in [0.717, 1.165) is 6.92 Å². The third-order valence-electron chi connectivity index (χ3n) is 15.6. The van der Waals surface area contributed by atoms with Crippen LogP contribution in [-0.4, -0.2) is 226 Å². The number of amides is 12. The van der Waals surface area contributed by atoms with Crippen LogP contribution in [0.25, 0.3) is 0 Å². The lowest BCUT2D eigenvalue weighted by Crippen LogP contribution is -2.62. The lowest BCUT2D eigenvalue weighted by atomic mass is 9.96. The molecule has 1 fully saturated rings. The van der Waals surface area contributed by atoms with Crippen molar-refractivity contribution in [1.82, 2.24) is 63.4 Å². The van der Waals surface area contributed by atoms with Crippen molar-refractivity contribution >= 4 is 108 Å². The summed E-state index contributed by atoms with van der Waals surface area (Å²) in [5.41, 5.74) is 22.8. The van der Waals surface area contributed by atoms with Crippen molar-refractivity contribution in [2.45, 2.75) is 191 Å². The Morgan fingerprint density at radius 1 is 0.606 bits per heavy atom. The highest BCUT2D eigenvalue weighted by Gasteiger charge is 2.42. The minimum atomic E-state index is -1.76. The summed E-state index contributed by atoms with van der Waals surface area (Å²) in [7, 11) is 0. The Kier molecular flexibility index (Phi) is 37.1. The molecule has 1 aromatic carbocycles. The second kappa shape index (κ2) is 42.5. The first kappa shape index (κ1) is 82.2. The number of carbonyl (C=O) groups is 13. The van der Waals surface area contributed by atoms with Crippen LogP contribution in [0.4, 0.5) is 0 Å². The van der Waals surface area contributed by atoms with E-state index in [2.05, 4.69) is 88.7 Å². The summed E-state index contributed by atoms with van der Waals surface area (Å²) in [6, 6.07) is -7.75. The minimum absolute atomic E-state index is 0.00815. The maximum atomic E-state index is 14.5. The molecule has 33 nitrogen and oxygen atoms in total. The highest BCUT2D eigenvalue weighted by molar-refractivity contribution is 7.80. The molecular formula is C59H99N17O16S2. The summed E-state index contributed by atoms with van der Waals surface area (Å²) in [4.78, 5) is 181. The first-order valence-electron chi connectivity index (χ1n) is 31.3. The lowest BCUT2D eigenvalue weighted by molar-refractivity contribution is -0.144. The number of nitrogens with two attached hydrogens (primary N) is 4. The van der Waals surface area contributed by atoms with Gasteiger partial charge in [-0.25, -0.2) is 4.79 Å².